The normalized spacial score (nSPS) is 13.0. The second kappa shape index (κ2) is 8.18. The molecule has 0 bridgehead atoms. The Labute approximate surface area is 118 Å². The second-order valence-corrected chi connectivity index (χ2v) is 5.53. The van der Waals surface area contributed by atoms with Crippen molar-refractivity contribution in [1.29, 1.82) is 0 Å². The Balaban J connectivity index is 2.67. The van der Waals surface area contributed by atoms with E-state index >= 15 is 0 Å². The van der Waals surface area contributed by atoms with Crippen LogP contribution >= 0.6 is 0 Å². The third-order valence-electron chi connectivity index (χ3n) is 3.45. The van der Waals surface area contributed by atoms with E-state index in [0.29, 0.717) is 6.04 Å². The minimum atomic E-state index is 0.299. The molecule has 1 N–H and O–H groups in total. The van der Waals surface area contributed by atoms with Gasteiger partial charge in [-0.25, -0.2) is 0 Å². The van der Waals surface area contributed by atoms with Gasteiger partial charge in [0.25, 0.3) is 0 Å². The molecule has 0 aromatic heterocycles. The molecule has 1 atom stereocenters. The van der Waals surface area contributed by atoms with Crippen LogP contribution in [0.1, 0.15) is 31.9 Å². The molecule has 19 heavy (non-hydrogen) atoms. The molecule has 0 aliphatic rings. The predicted molar refractivity (Wildman–Crippen MR) is 81.7 cm³/mol. The van der Waals surface area contributed by atoms with Crippen LogP contribution in [0.4, 0.5) is 0 Å². The number of nitrogens with one attached hydrogen (secondary N) is 1. The minimum absolute atomic E-state index is 0.299. The molecule has 3 heteroatoms. The molecule has 0 saturated heterocycles. The Hall–Kier alpha value is -1.06. The highest BCUT2D eigenvalue weighted by Gasteiger charge is 2.15. The van der Waals surface area contributed by atoms with E-state index in [2.05, 4.69) is 43.2 Å². The van der Waals surface area contributed by atoms with Crippen LogP contribution in [0.2, 0.25) is 0 Å². The Morgan fingerprint density at radius 3 is 2.53 bits per heavy atom. The van der Waals surface area contributed by atoms with Crippen molar-refractivity contribution in [2.75, 3.05) is 34.3 Å². The Kier molecular flexibility index (Phi) is 6.89. The molecule has 0 amide bonds. The molecule has 0 saturated carbocycles. The lowest BCUT2D eigenvalue weighted by atomic mass is 10.0. The van der Waals surface area contributed by atoms with Gasteiger partial charge in [0.15, 0.2) is 0 Å². The highest BCUT2D eigenvalue weighted by Crippen LogP contribution is 2.25. The van der Waals surface area contributed by atoms with Gasteiger partial charge in [-0.3, -0.25) is 0 Å². The molecule has 108 valence electrons. The summed E-state index contributed by atoms with van der Waals surface area (Å²) < 4.78 is 5.45. The van der Waals surface area contributed by atoms with Crippen molar-refractivity contribution < 1.29 is 4.74 Å². The quantitative estimate of drug-likeness (QED) is 0.781. The van der Waals surface area contributed by atoms with Gasteiger partial charge in [-0.1, -0.05) is 32.0 Å². The summed E-state index contributed by atoms with van der Waals surface area (Å²) in [4.78, 5) is 2.38. The van der Waals surface area contributed by atoms with Crippen molar-refractivity contribution in [3.05, 3.63) is 29.8 Å². The fourth-order valence-electron chi connectivity index (χ4n) is 2.18. The molecule has 3 nitrogen and oxygen atoms in total. The van der Waals surface area contributed by atoms with Crippen LogP contribution in [0.3, 0.4) is 0 Å². The fraction of sp³-hybridized carbons (Fsp3) is 0.625. The molecule has 0 heterocycles. The highest BCUT2D eigenvalue weighted by atomic mass is 16.5. The number of likely N-dealkylation sites (N-methyl/N-ethyl adjacent to an activating group) is 2. The van der Waals surface area contributed by atoms with Crippen LogP contribution < -0.4 is 10.1 Å². The average molecular weight is 264 g/mol. The zero-order chi connectivity index (χ0) is 14.3. The largest absolute Gasteiger partial charge is 0.496 e. The van der Waals surface area contributed by atoms with E-state index in [1.165, 1.54) is 12.0 Å². The predicted octanol–water partition coefficient (Wildman–Crippen LogP) is 2.93. The number of hydrogen-bond donors (Lipinski definition) is 1. The first-order valence-electron chi connectivity index (χ1n) is 7.07. The zero-order valence-electron chi connectivity index (χ0n) is 12.9. The number of para-hydroxylation sites is 1. The van der Waals surface area contributed by atoms with E-state index in [1.54, 1.807) is 7.11 Å². The number of benzene rings is 1. The third kappa shape index (κ3) is 5.21. The van der Waals surface area contributed by atoms with E-state index in [9.17, 15) is 0 Å². The lowest BCUT2D eigenvalue weighted by Crippen LogP contribution is -2.32. The van der Waals surface area contributed by atoms with E-state index < -0.39 is 0 Å². The maximum Gasteiger partial charge on any atom is 0.123 e. The highest BCUT2D eigenvalue weighted by molar-refractivity contribution is 5.36. The van der Waals surface area contributed by atoms with Crippen molar-refractivity contribution in [2.45, 2.75) is 26.3 Å². The van der Waals surface area contributed by atoms with Crippen LogP contribution in [0.5, 0.6) is 5.75 Å². The van der Waals surface area contributed by atoms with Gasteiger partial charge in [-0.15, -0.1) is 0 Å². The molecule has 0 aliphatic carbocycles. The second-order valence-electron chi connectivity index (χ2n) is 5.53. The van der Waals surface area contributed by atoms with Crippen LogP contribution in [-0.2, 0) is 0 Å². The van der Waals surface area contributed by atoms with Crippen LogP contribution in [-0.4, -0.2) is 39.2 Å². The van der Waals surface area contributed by atoms with Crippen molar-refractivity contribution in [1.82, 2.24) is 10.2 Å². The van der Waals surface area contributed by atoms with E-state index in [0.717, 1.165) is 24.8 Å². The molecular weight excluding hydrogens is 236 g/mol. The maximum absolute atomic E-state index is 5.45. The van der Waals surface area contributed by atoms with E-state index in [1.807, 2.05) is 19.2 Å². The number of hydrogen-bond acceptors (Lipinski definition) is 3. The lowest BCUT2D eigenvalue weighted by Gasteiger charge is -2.25. The standard InChI is InChI=1S/C16H28N2O/c1-13(2)10-11-18(4)12-15(17-3)14-8-6-7-9-16(14)19-5/h6-9,13,15,17H,10-12H2,1-5H3. The van der Waals surface area contributed by atoms with Gasteiger partial charge in [-0.05, 0) is 39.0 Å². The number of rotatable bonds is 8. The summed E-state index contributed by atoms with van der Waals surface area (Å²) in [5.74, 6) is 1.71. The summed E-state index contributed by atoms with van der Waals surface area (Å²) >= 11 is 0. The van der Waals surface area contributed by atoms with Crippen molar-refractivity contribution in [3.63, 3.8) is 0 Å². The molecule has 1 aromatic carbocycles. The van der Waals surface area contributed by atoms with Gasteiger partial charge in [0, 0.05) is 18.2 Å². The zero-order valence-corrected chi connectivity index (χ0v) is 12.9. The smallest absolute Gasteiger partial charge is 0.123 e. The molecular formula is C16H28N2O. The number of ether oxygens (including phenoxy) is 1. The van der Waals surface area contributed by atoms with Crippen molar-refractivity contribution in [2.24, 2.45) is 5.92 Å². The minimum Gasteiger partial charge on any atom is -0.496 e. The molecule has 1 aromatic rings. The Morgan fingerprint density at radius 2 is 1.95 bits per heavy atom. The van der Waals surface area contributed by atoms with Gasteiger partial charge < -0.3 is 15.0 Å². The summed E-state index contributed by atoms with van der Waals surface area (Å²) in [6, 6.07) is 8.53. The van der Waals surface area contributed by atoms with Crippen LogP contribution in [0.15, 0.2) is 24.3 Å². The molecule has 0 radical (unpaired) electrons. The molecule has 0 spiro atoms. The first kappa shape index (κ1) is 16.0. The Morgan fingerprint density at radius 1 is 1.26 bits per heavy atom. The summed E-state index contributed by atoms with van der Waals surface area (Å²) in [6.07, 6.45) is 1.23. The van der Waals surface area contributed by atoms with Crippen molar-refractivity contribution in [3.8, 4) is 5.75 Å². The maximum atomic E-state index is 5.45. The molecule has 0 aliphatic heterocycles. The lowest BCUT2D eigenvalue weighted by molar-refractivity contribution is 0.276. The average Bonchev–Trinajstić information content (AvgIpc) is 2.42. The number of methoxy groups -OCH3 is 1. The van der Waals surface area contributed by atoms with E-state index in [-0.39, 0.29) is 0 Å². The topological polar surface area (TPSA) is 24.5 Å². The summed E-state index contributed by atoms with van der Waals surface area (Å²) in [7, 11) is 5.92. The number of nitrogens with zero attached hydrogens (tertiary/aromatic N) is 1. The fourth-order valence-corrected chi connectivity index (χ4v) is 2.18. The molecule has 0 fully saturated rings. The monoisotopic (exact) mass is 264 g/mol. The summed E-state index contributed by atoms with van der Waals surface area (Å²) in [5, 5.41) is 3.39. The third-order valence-corrected chi connectivity index (χ3v) is 3.45. The summed E-state index contributed by atoms with van der Waals surface area (Å²) in [6.45, 7) is 6.65. The Bertz CT molecular complexity index is 366. The summed E-state index contributed by atoms with van der Waals surface area (Å²) in [5.41, 5.74) is 1.23. The molecule has 1 unspecified atom stereocenters. The van der Waals surface area contributed by atoms with Gasteiger partial charge in [0.2, 0.25) is 0 Å². The van der Waals surface area contributed by atoms with E-state index in [4.69, 9.17) is 4.74 Å². The van der Waals surface area contributed by atoms with Crippen LogP contribution in [0, 0.1) is 5.92 Å². The first-order valence-corrected chi connectivity index (χ1v) is 7.07. The van der Waals surface area contributed by atoms with Crippen LogP contribution in [0.25, 0.3) is 0 Å². The van der Waals surface area contributed by atoms with Crippen molar-refractivity contribution >= 4 is 0 Å². The van der Waals surface area contributed by atoms with Gasteiger partial charge in [-0.2, -0.15) is 0 Å². The SMILES string of the molecule is CNC(CN(C)CCC(C)C)c1ccccc1OC. The van der Waals surface area contributed by atoms with Gasteiger partial charge >= 0.3 is 0 Å². The van der Waals surface area contributed by atoms with Gasteiger partial charge in [0.05, 0.1) is 7.11 Å². The molecule has 1 rings (SSSR count). The van der Waals surface area contributed by atoms with Gasteiger partial charge in [0.1, 0.15) is 5.75 Å². The first-order chi connectivity index (χ1) is 9.08.